The molecule has 0 atom stereocenters. The molecular weight excluding hydrogens is 913 g/mol. The van der Waals surface area contributed by atoms with E-state index >= 15 is 0 Å². The molecule has 0 aliphatic carbocycles. The molecule has 412 valence electrons. The highest BCUT2D eigenvalue weighted by molar-refractivity contribution is 6.24. The zero-order valence-corrected chi connectivity index (χ0v) is 47.8. The number of hydrogen-bond acceptors (Lipinski definition) is 8. The molecule has 0 aliphatic rings. The van der Waals surface area contributed by atoms with Gasteiger partial charge in [0.25, 0.3) is 0 Å². The first-order valence-electron chi connectivity index (χ1n) is 31.2. The van der Waals surface area contributed by atoms with Crippen molar-refractivity contribution >= 4 is 32.6 Å². The fourth-order valence-electron chi connectivity index (χ4n) is 10.5. The zero-order chi connectivity index (χ0) is 52.5. The van der Waals surface area contributed by atoms with Crippen LogP contribution >= 0.6 is 0 Å². The highest BCUT2D eigenvalue weighted by atomic mass is 16.5. The van der Waals surface area contributed by atoms with Gasteiger partial charge in [-0.2, -0.15) is 10.5 Å². The Morgan fingerprint density at radius 2 is 0.473 bits per heavy atom. The van der Waals surface area contributed by atoms with Crippen LogP contribution in [0.15, 0.2) is 24.3 Å². The molecule has 74 heavy (non-hydrogen) atoms. The molecule has 4 aromatic rings. The molecule has 0 N–H and O–H groups in total. The standard InChI is InChI=1S/C66H104N4O4/c1-5-9-13-17-21-25-29-33-37-41-45-71-61-49-55-56-50-62(72-46-42-38-34-30-26-22-18-14-10-6-2)64(74-48-44-40-36-32-28-24-20-16-12-8-4)52-58(56)66-65(69-59(53-67)60(54-68)70-66)57(55)51-63(61)73-47-43-39-35-31-27-23-19-15-11-7-3/h49-52H,5-48H2,1-4H3. The number of aromatic nitrogens is 2. The maximum absolute atomic E-state index is 10.2. The second-order valence-electron chi connectivity index (χ2n) is 21.7. The Balaban J connectivity index is 1.63. The molecule has 0 aliphatic heterocycles. The topological polar surface area (TPSA) is 110 Å². The smallest absolute Gasteiger partial charge is 0.177 e. The van der Waals surface area contributed by atoms with Gasteiger partial charge in [0.2, 0.25) is 0 Å². The van der Waals surface area contributed by atoms with E-state index in [-0.39, 0.29) is 11.4 Å². The van der Waals surface area contributed by atoms with Gasteiger partial charge in [-0.1, -0.05) is 259 Å². The number of nitriles is 2. The van der Waals surface area contributed by atoms with E-state index in [1.54, 1.807) is 0 Å². The van der Waals surface area contributed by atoms with Crippen molar-refractivity contribution in [3.8, 4) is 35.1 Å². The van der Waals surface area contributed by atoms with Crippen LogP contribution in [-0.2, 0) is 0 Å². The summed E-state index contributed by atoms with van der Waals surface area (Å²) in [6.45, 7) is 11.5. The van der Waals surface area contributed by atoms with Crippen molar-refractivity contribution in [3.05, 3.63) is 35.7 Å². The third-order valence-corrected chi connectivity index (χ3v) is 15.1. The summed E-state index contributed by atoms with van der Waals surface area (Å²) in [6.07, 6.45) is 50.4. The summed E-state index contributed by atoms with van der Waals surface area (Å²) in [5.74, 6) is 2.80. The molecule has 8 heteroatoms. The number of benzene rings is 3. The lowest BCUT2D eigenvalue weighted by atomic mass is 9.97. The lowest BCUT2D eigenvalue weighted by Crippen LogP contribution is -2.05. The zero-order valence-electron chi connectivity index (χ0n) is 47.8. The average Bonchev–Trinajstić information content (AvgIpc) is 3.42. The van der Waals surface area contributed by atoms with Gasteiger partial charge in [-0.05, 0) is 60.7 Å². The summed E-state index contributed by atoms with van der Waals surface area (Å²) >= 11 is 0. The van der Waals surface area contributed by atoms with Crippen molar-refractivity contribution in [2.45, 2.75) is 285 Å². The Morgan fingerprint density at radius 3 is 0.676 bits per heavy atom. The van der Waals surface area contributed by atoms with Crippen LogP contribution in [0.25, 0.3) is 32.6 Å². The second kappa shape index (κ2) is 40.9. The van der Waals surface area contributed by atoms with Gasteiger partial charge in [-0.15, -0.1) is 0 Å². The number of rotatable bonds is 48. The fraction of sp³-hybridized carbons (Fsp3) is 0.727. The van der Waals surface area contributed by atoms with Crippen LogP contribution in [0.1, 0.15) is 296 Å². The van der Waals surface area contributed by atoms with Crippen LogP contribution in [0.2, 0.25) is 0 Å². The van der Waals surface area contributed by atoms with Gasteiger partial charge >= 0.3 is 0 Å². The van der Waals surface area contributed by atoms with Crippen molar-refractivity contribution in [2.24, 2.45) is 0 Å². The van der Waals surface area contributed by atoms with Crippen LogP contribution < -0.4 is 18.9 Å². The highest BCUT2D eigenvalue weighted by Gasteiger charge is 2.21. The van der Waals surface area contributed by atoms with Crippen molar-refractivity contribution < 1.29 is 18.9 Å². The molecule has 0 bridgehead atoms. The first-order chi connectivity index (χ1) is 36.6. The summed E-state index contributed by atoms with van der Waals surface area (Å²) in [6, 6.07) is 12.6. The lowest BCUT2D eigenvalue weighted by molar-refractivity contribution is 0.258. The van der Waals surface area contributed by atoms with E-state index in [1.807, 2.05) is 12.1 Å². The van der Waals surface area contributed by atoms with Gasteiger partial charge in [0.1, 0.15) is 12.1 Å². The van der Waals surface area contributed by atoms with E-state index in [2.05, 4.69) is 52.0 Å². The highest BCUT2D eigenvalue weighted by Crippen LogP contribution is 2.44. The maximum Gasteiger partial charge on any atom is 0.177 e. The van der Waals surface area contributed by atoms with Gasteiger partial charge in [-0.25, -0.2) is 9.97 Å². The summed E-state index contributed by atoms with van der Waals surface area (Å²) in [5.41, 5.74) is 1.16. The van der Waals surface area contributed by atoms with Gasteiger partial charge in [0.05, 0.1) is 37.5 Å². The van der Waals surface area contributed by atoms with Gasteiger partial charge in [0, 0.05) is 10.8 Å². The van der Waals surface area contributed by atoms with Gasteiger partial charge in [-0.3, -0.25) is 0 Å². The Morgan fingerprint density at radius 1 is 0.284 bits per heavy atom. The van der Waals surface area contributed by atoms with Gasteiger partial charge in [0.15, 0.2) is 34.4 Å². The summed E-state index contributed by atoms with van der Waals surface area (Å²) in [5, 5.41) is 23.9. The minimum atomic E-state index is 0.0173. The quantitative estimate of drug-likeness (QED) is 0.0318. The van der Waals surface area contributed by atoms with Crippen molar-refractivity contribution in [1.29, 1.82) is 10.5 Å². The fourth-order valence-corrected chi connectivity index (χ4v) is 10.5. The SMILES string of the molecule is CCCCCCCCCCCCOc1cc2c3cc(OCCCCCCCCCCCC)c(OCCCCCCCCCCCC)cc3c3nc(C#N)c(C#N)nc3c2cc1OCCCCCCCCCCCC. The predicted molar refractivity (Wildman–Crippen MR) is 313 cm³/mol. The van der Waals surface area contributed by atoms with E-state index in [0.717, 1.165) is 84.4 Å². The molecule has 4 rings (SSSR count). The molecule has 0 saturated carbocycles. The maximum atomic E-state index is 10.2. The summed E-state index contributed by atoms with van der Waals surface area (Å²) < 4.78 is 26.8. The molecule has 1 aromatic heterocycles. The molecule has 0 amide bonds. The Bertz CT molecular complexity index is 2020. The monoisotopic (exact) mass is 1020 g/mol. The van der Waals surface area contributed by atoms with Crippen LogP contribution in [0, 0.1) is 22.7 Å². The lowest BCUT2D eigenvalue weighted by Gasteiger charge is -2.19. The van der Waals surface area contributed by atoms with E-state index in [1.165, 1.54) is 205 Å². The third-order valence-electron chi connectivity index (χ3n) is 15.1. The summed E-state index contributed by atoms with van der Waals surface area (Å²) in [7, 11) is 0. The number of fused-ring (bicyclic) bond motifs is 6. The molecular formula is C66H104N4O4. The van der Waals surface area contributed by atoms with E-state index in [4.69, 9.17) is 28.9 Å². The van der Waals surface area contributed by atoms with Gasteiger partial charge < -0.3 is 18.9 Å². The number of hydrogen-bond donors (Lipinski definition) is 0. The average molecular weight is 1020 g/mol. The number of nitrogens with zero attached hydrogens (tertiary/aromatic N) is 4. The first kappa shape index (κ1) is 62.2. The molecule has 0 saturated heterocycles. The van der Waals surface area contributed by atoms with Crippen molar-refractivity contribution in [1.82, 2.24) is 9.97 Å². The predicted octanol–water partition coefficient (Wildman–Crippen LogP) is 20.9. The molecule has 0 radical (unpaired) electrons. The van der Waals surface area contributed by atoms with E-state index in [9.17, 15) is 10.5 Å². The Kier molecular flexibility index (Phi) is 34.4. The first-order valence-corrected chi connectivity index (χ1v) is 31.2. The molecule has 3 aromatic carbocycles. The normalized spacial score (nSPS) is 11.4. The Hall–Kier alpha value is -4.30. The number of ether oxygens (including phenoxy) is 4. The third kappa shape index (κ3) is 24.1. The van der Waals surface area contributed by atoms with Crippen LogP contribution in [0.5, 0.6) is 23.0 Å². The van der Waals surface area contributed by atoms with E-state index < -0.39 is 0 Å². The minimum absolute atomic E-state index is 0.0173. The number of unbranched alkanes of at least 4 members (excludes halogenated alkanes) is 36. The molecule has 1 heterocycles. The van der Waals surface area contributed by atoms with Crippen LogP contribution in [0.4, 0.5) is 0 Å². The molecule has 0 spiro atoms. The van der Waals surface area contributed by atoms with Crippen molar-refractivity contribution in [2.75, 3.05) is 26.4 Å². The minimum Gasteiger partial charge on any atom is -0.490 e. The van der Waals surface area contributed by atoms with Crippen molar-refractivity contribution in [3.63, 3.8) is 0 Å². The Labute approximate surface area is 451 Å². The molecule has 8 nitrogen and oxygen atoms in total. The summed E-state index contributed by atoms with van der Waals surface area (Å²) in [4.78, 5) is 9.77. The van der Waals surface area contributed by atoms with E-state index in [0.29, 0.717) is 49.0 Å². The van der Waals surface area contributed by atoms with Crippen LogP contribution in [-0.4, -0.2) is 36.4 Å². The second-order valence-corrected chi connectivity index (χ2v) is 21.7. The van der Waals surface area contributed by atoms with Crippen LogP contribution in [0.3, 0.4) is 0 Å². The molecule has 0 unspecified atom stereocenters. The molecule has 0 fully saturated rings. The largest absolute Gasteiger partial charge is 0.490 e.